The molecule has 4 N–H and O–H groups in total. The summed E-state index contributed by atoms with van der Waals surface area (Å²) >= 11 is 0. The number of carbonyl (C=O) groups excluding carboxylic acids is 1. The highest BCUT2D eigenvalue weighted by molar-refractivity contribution is 5.94. The van der Waals surface area contributed by atoms with E-state index in [-0.39, 0.29) is 24.0 Å². The number of nitrogens with two attached hydrogens (primary N) is 1. The number of aromatic amines is 1. The fraction of sp³-hybridized carbons (Fsp3) is 0.118. The third-order valence-corrected chi connectivity index (χ3v) is 3.58. The van der Waals surface area contributed by atoms with Gasteiger partial charge in [-0.1, -0.05) is 6.07 Å². The molecule has 0 atom stereocenters. The summed E-state index contributed by atoms with van der Waals surface area (Å²) < 4.78 is 13.0. The highest BCUT2D eigenvalue weighted by atomic mass is 19.1. The molecule has 0 radical (unpaired) electrons. The molecule has 0 bridgehead atoms. The van der Waals surface area contributed by atoms with Crippen LogP contribution in [0.1, 0.15) is 21.7 Å². The monoisotopic (exact) mass is 325 g/mol. The molecule has 3 rings (SSSR count). The minimum atomic E-state index is -0.325. The Hall–Kier alpha value is -3.22. The van der Waals surface area contributed by atoms with Gasteiger partial charge < -0.3 is 16.0 Å². The Labute approximate surface area is 138 Å². The number of nitrogen functional groups attached to an aromatic ring is 1. The van der Waals surface area contributed by atoms with Gasteiger partial charge in [0.25, 0.3) is 5.91 Å². The number of benzene rings is 1. The zero-order valence-corrected chi connectivity index (χ0v) is 13.0. The van der Waals surface area contributed by atoms with E-state index in [1.807, 2.05) is 0 Å². The normalized spacial score (nSPS) is 10.6. The number of nitrogens with zero attached hydrogens (tertiary/aromatic N) is 2. The van der Waals surface area contributed by atoms with Gasteiger partial charge in [-0.15, -0.1) is 0 Å². The minimum absolute atomic E-state index is 0.261. The van der Waals surface area contributed by atoms with E-state index in [0.717, 1.165) is 5.56 Å². The summed E-state index contributed by atoms with van der Waals surface area (Å²) in [6.07, 6.45) is 1.59. The van der Waals surface area contributed by atoms with Crippen molar-refractivity contribution < 1.29 is 9.18 Å². The van der Waals surface area contributed by atoms with E-state index in [2.05, 4.69) is 20.3 Å². The van der Waals surface area contributed by atoms with Crippen LogP contribution in [0.15, 0.2) is 42.6 Å². The van der Waals surface area contributed by atoms with Gasteiger partial charge in [0.2, 0.25) is 0 Å². The van der Waals surface area contributed by atoms with Crippen molar-refractivity contribution in [3.63, 3.8) is 0 Å². The first-order valence-corrected chi connectivity index (χ1v) is 7.34. The van der Waals surface area contributed by atoms with Gasteiger partial charge in [-0.05, 0) is 37.3 Å². The Bertz CT molecular complexity index is 873. The van der Waals surface area contributed by atoms with Crippen LogP contribution in [0.5, 0.6) is 0 Å². The van der Waals surface area contributed by atoms with Crippen LogP contribution in [0.3, 0.4) is 0 Å². The Morgan fingerprint density at radius 2 is 2.04 bits per heavy atom. The number of pyridine rings is 1. The van der Waals surface area contributed by atoms with E-state index in [0.29, 0.717) is 22.9 Å². The van der Waals surface area contributed by atoms with Crippen LogP contribution >= 0.6 is 0 Å². The van der Waals surface area contributed by atoms with Crippen molar-refractivity contribution >= 4 is 11.7 Å². The van der Waals surface area contributed by atoms with E-state index in [1.165, 1.54) is 12.1 Å². The van der Waals surface area contributed by atoms with Gasteiger partial charge in [-0.3, -0.25) is 4.79 Å². The summed E-state index contributed by atoms with van der Waals surface area (Å²) in [5.74, 6) is 0.247. The molecule has 0 fully saturated rings. The second kappa shape index (κ2) is 6.49. The number of halogens is 1. The molecule has 1 amide bonds. The van der Waals surface area contributed by atoms with Crippen molar-refractivity contribution in [2.24, 2.45) is 0 Å². The second-order valence-corrected chi connectivity index (χ2v) is 5.30. The van der Waals surface area contributed by atoms with Gasteiger partial charge >= 0.3 is 0 Å². The maximum absolute atomic E-state index is 13.0. The quantitative estimate of drug-likeness (QED) is 0.686. The van der Waals surface area contributed by atoms with Crippen LogP contribution in [-0.4, -0.2) is 20.9 Å². The third-order valence-electron chi connectivity index (χ3n) is 3.58. The molecule has 0 aliphatic carbocycles. The lowest BCUT2D eigenvalue weighted by molar-refractivity contribution is 0.0946. The summed E-state index contributed by atoms with van der Waals surface area (Å²) in [6, 6.07) is 9.45. The summed E-state index contributed by atoms with van der Waals surface area (Å²) in [6.45, 7) is 2.02. The van der Waals surface area contributed by atoms with Gasteiger partial charge in [0, 0.05) is 29.6 Å². The van der Waals surface area contributed by atoms with Crippen molar-refractivity contribution in [3.8, 4) is 11.4 Å². The van der Waals surface area contributed by atoms with Gasteiger partial charge in [-0.25, -0.2) is 14.4 Å². The van der Waals surface area contributed by atoms with Crippen LogP contribution < -0.4 is 11.1 Å². The molecule has 122 valence electrons. The molecule has 7 heteroatoms. The van der Waals surface area contributed by atoms with Gasteiger partial charge in [0.15, 0.2) is 0 Å². The molecule has 2 aromatic heterocycles. The molecule has 24 heavy (non-hydrogen) atoms. The van der Waals surface area contributed by atoms with Crippen molar-refractivity contribution in [1.82, 2.24) is 20.3 Å². The van der Waals surface area contributed by atoms with Crippen LogP contribution in [0.4, 0.5) is 10.2 Å². The van der Waals surface area contributed by atoms with E-state index >= 15 is 0 Å². The number of aryl methyl sites for hydroxylation is 1. The molecule has 0 aliphatic rings. The number of nitrogens with one attached hydrogen (secondary N) is 2. The molecule has 6 nitrogen and oxygen atoms in total. The van der Waals surface area contributed by atoms with E-state index < -0.39 is 0 Å². The number of H-pyrrole nitrogens is 1. The number of hydrogen-bond donors (Lipinski definition) is 3. The van der Waals surface area contributed by atoms with Crippen molar-refractivity contribution in [1.29, 1.82) is 0 Å². The average Bonchev–Trinajstić information content (AvgIpc) is 2.96. The zero-order valence-electron chi connectivity index (χ0n) is 13.0. The number of amides is 1. The maximum Gasteiger partial charge on any atom is 0.272 e. The van der Waals surface area contributed by atoms with Gasteiger partial charge in [0.05, 0.1) is 0 Å². The van der Waals surface area contributed by atoms with Crippen molar-refractivity contribution in [2.45, 2.75) is 13.5 Å². The molecule has 1 aromatic carbocycles. The van der Waals surface area contributed by atoms with Crippen LogP contribution in [0.2, 0.25) is 0 Å². The van der Waals surface area contributed by atoms with Crippen LogP contribution in [-0.2, 0) is 6.54 Å². The molecular formula is C17H16FN5O. The lowest BCUT2D eigenvalue weighted by atomic mass is 10.2. The fourth-order valence-corrected chi connectivity index (χ4v) is 2.29. The molecule has 0 saturated carbocycles. The first kappa shape index (κ1) is 15.7. The molecule has 0 unspecified atom stereocenters. The standard InChI is InChI=1S/C17H16FN5O/c1-10-14(17(24)21-9-12-3-2-8-20-15(12)19)23-16(22-10)11-4-6-13(18)7-5-11/h2-8H,9H2,1H3,(H2,19,20)(H,21,24)(H,22,23). The molecule has 3 aromatic rings. The number of hydrogen-bond acceptors (Lipinski definition) is 4. The third kappa shape index (κ3) is 3.24. The molecule has 0 spiro atoms. The first-order valence-electron chi connectivity index (χ1n) is 7.34. The average molecular weight is 325 g/mol. The number of rotatable bonds is 4. The Balaban J connectivity index is 1.76. The molecule has 0 saturated heterocycles. The number of aromatic nitrogens is 3. The Morgan fingerprint density at radius 3 is 2.75 bits per heavy atom. The lowest BCUT2D eigenvalue weighted by Crippen LogP contribution is -2.24. The summed E-state index contributed by atoms with van der Waals surface area (Å²) in [5.41, 5.74) is 8.11. The van der Waals surface area contributed by atoms with Crippen molar-refractivity contribution in [3.05, 3.63) is 65.4 Å². The SMILES string of the molecule is Cc1[nH]c(-c2ccc(F)cc2)nc1C(=O)NCc1cccnc1N. The topological polar surface area (TPSA) is 96.7 Å². The zero-order chi connectivity index (χ0) is 17.1. The van der Waals surface area contributed by atoms with E-state index in [9.17, 15) is 9.18 Å². The predicted molar refractivity (Wildman–Crippen MR) is 88.5 cm³/mol. The lowest BCUT2D eigenvalue weighted by Gasteiger charge is -2.05. The smallest absolute Gasteiger partial charge is 0.272 e. The number of anilines is 1. The van der Waals surface area contributed by atoms with Crippen LogP contribution in [0.25, 0.3) is 11.4 Å². The second-order valence-electron chi connectivity index (χ2n) is 5.30. The highest BCUT2D eigenvalue weighted by Crippen LogP contribution is 2.18. The minimum Gasteiger partial charge on any atom is -0.383 e. The summed E-state index contributed by atoms with van der Waals surface area (Å²) in [7, 11) is 0. The molecular weight excluding hydrogens is 309 g/mol. The Kier molecular flexibility index (Phi) is 4.24. The van der Waals surface area contributed by atoms with E-state index in [4.69, 9.17) is 5.73 Å². The van der Waals surface area contributed by atoms with Gasteiger partial charge in [0.1, 0.15) is 23.2 Å². The number of carbonyl (C=O) groups is 1. The maximum atomic E-state index is 13.0. The van der Waals surface area contributed by atoms with Crippen LogP contribution in [0, 0.1) is 12.7 Å². The number of imidazole rings is 1. The Morgan fingerprint density at radius 1 is 1.29 bits per heavy atom. The fourth-order valence-electron chi connectivity index (χ4n) is 2.29. The molecule has 2 heterocycles. The molecule has 0 aliphatic heterocycles. The van der Waals surface area contributed by atoms with E-state index in [1.54, 1.807) is 37.4 Å². The predicted octanol–water partition coefficient (Wildman–Crippen LogP) is 2.43. The highest BCUT2D eigenvalue weighted by Gasteiger charge is 2.16. The summed E-state index contributed by atoms with van der Waals surface area (Å²) in [4.78, 5) is 23.7. The van der Waals surface area contributed by atoms with Gasteiger partial charge in [-0.2, -0.15) is 0 Å². The summed E-state index contributed by atoms with van der Waals surface area (Å²) in [5, 5.41) is 2.77. The van der Waals surface area contributed by atoms with Crippen molar-refractivity contribution in [2.75, 3.05) is 5.73 Å². The largest absolute Gasteiger partial charge is 0.383 e. The first-order chi connectivity index (χ1) is 11.5.